The van der Waals surface area contributed by atoms with Gasteiger partial charge in [0.05, 0.1) is 5.54 Å². The Hall–Kier alpha value is -2.41. The lowest BCUT2D eigenvalue weighted by atomic mass is 10.1. The normalized spacial score (nSPS) is 11.3. The van der Waals surface area contributed by atoms with Gasteiger partial charge >= 0.3 is 0 Å². The average Bonchev–Trinajstić information content (AvgIpc) is 2.85. The summed E-state index contributed by atoms with van der Waals surface area (Å²) in [6.45, 7) is 3.69. The molecule has 20 heavy (non-hydrogen) atoms. The van der Waals surface area contributed by atoms with E-state index in [2.05, 4.69) is 10.1 Å². The van der Waals surface area contributed by atoms with E-state index in [1.165, 1.54) is 0 Å². The van der Waals surface area contributed by atoms with Crippen molar-refractivity contribution < 1.29 is 14.1 Å². The predicted octanol–water partition coefficient (Wildman–Crippen LogP) is 0.941. The molecule has 106 valence electrons. The number of carbonyl (C=O) groups excluding carboxylic acids is 1. The van der Waals surface area contributed by atoms with Crippen molar-refractivity contribution in [3.05, 3.63) is 41.5 Å². The molecular weight excluding hydrogens is 260 g/mol. The number of benzene rings is 1. The standard InChI is InChI=1S/C13H16N4O3/c1-13(2,15)12-16-10(20-17-12)7-19-9-5-3-8(4-6-9)11(14)18/h3-6H,7,15H2,1-2H3,(H2,14,18). The number of nitrogens with two attached hydrogens (primary N) is 2. The Bertz CT molecular complexity index is 599. The quantitative estimate of drug-likeness (QED) is 0.839. The van der Waals surface area contributed by atoms with Crippen molar-refractivity contribution in [3.8, 4) is 5.75 Å². The fraction of sp³-hybridized carbons (Fsp3) is 0.308. The van der Waals surface area contributed by atoms with Gasteiger partial charge in [0.15, 0.2) is 12.4 Å². The summed E-state index contributed by atoms with van der Waals surface area (Å²) in [5.41, 5.74) is 10.8. The van der Waals surface area contributed by atoms with Gasteiger partial charge in [0.25, 0.3) is 5.89 Å². The molecule has 7 heteroatoms. The van der Waals surface area contributed by atoms with Crippen LogP contribution in [0.5, 0.6) is 5.75 Å². The first-order valence-electron chi connectivity index (χ1n) is 6.01. The molecule has 1 aromatic carbocycles. The Balaban J connectivity index is 1.98. The van der Waals surface area contributed by atoms with E-state index in [4.69, 9.17) is 20.7 Å². The lowest BCUT2D eigenvalue weighted by Crippen LogP contribution is -2.30. The number of rotatable bonds is 5. The van der Waals surface area contributed by atoms with Crippen molar-refractivity contribution in [2.45, 2.75) is 26.0 Å². The van der Waals surface area contributed by atoms with Crippen LogP contribution in [0.1, 0.15) is 35.9 Å². The second kappa shape index (κ2) is 5.30. The molecule has 7 nitrogen and oxygen atoms in total. The smallest absolute Gasteiger partial charge is 0.264 e. The maximum absolute atomic E-state index is 10.9. The second-order valence-electron chi connectivity index (χ2n) is 4.91. The van der Waals surface area contributed by atoms with Crippen LogP contribution < -0.4 is 16.2 Å². The highest BCUT2D eigenvalue weighted by Crippen LogP contribution is 2.16. The molecule has 0 aliphatic heterocycles. The van der Waals surface area contributed by atoms with Crippen molar-refractivity contribution in [2.75, 3.05) is 0 Å². The number of ether oxygens (including phenoxy) is 1. The molecule has 0 fully saturated rings. The van der Waals surface area contributed by atoms with Crippen LogP contribution >= 0.6 is 0 Å². The number of primary amides is 1. The van der Waals surface area contributed by atoms with Gasteiger partial charge in [-0.2, -0.15) is 4.98 Å². The first-order valence-corrected chi connectivity index (χ1v) is 6.01. The molecule has 1 aromatic heterocycles. The van der Waals surface area contributed by atoms with E-state index >= 15 is 0 Å². The van der Waals surface area contributed by atoms with E-state index in [1.807, 2.05) is 0 Å². The second-order valence-corrected chi connectivity index (χ2v) is 4.91. The first-order chi connectivity index (χ1) is 9.36. The number of hydrogen-bond donors (Lipinski definition) is 2. The summed E-state index contributed by atoms with van der Waals surface area (Å²) in [4.78, 5) is 15.1. The van der Waals surface area contributed by atoms with Crippen molar-refractivity contribution >= 4 is 5.91 Å². The third kappa shape index (κ3) is 3.33. The van der Waals surface area contributed by atoms with Crippen LogP contribution in [0.4, 0.5) is 0 Å². The highest BCUT2D eigenvalue weighted by atomic mass is 16.5. The van der Waals surface area contributed by atoms with Gasteiger partial charge in [-0.25, -0.2) is 0 Å². The summed E-state index contributed by atoms with van der Waals surface area (Å²) >= 11 is 0. The topological polar surface area (TPSA) is 117 Å². The highest BCUT2D eigenvalue weighted by molar-refractivity contribution is 5.92. The Morgan fingerprint density at radius 3 is 2.50 bits per heavy atom. The maximum Gasteiger partial charge on any atom is 0.264 e. The van der Waals surface area contributed by atoms with Crippen LogP contribution in [0.15, 0.2) is 28.8 Å². The van der Waals surface area contributed by atoms with E-state index in [0.29, 0.717) is 23.0 Å². The van der Waals surface area contributed by atoms with E-state index in [9.17, 15) is 4.79 Å². The van der Waals surface area contributed by atoms with Crippen LogP contribution in [0.3, 0.4) is 0 Å². The van der Waals surface area contributed by atoms with Crippen molar-refractivity contribution in [1.82, 2.24) is 10.1 Å². The van der Waals surface area contributed by atoms with E-state index in [1.54, 1.807) is 38.1 Å². The molecule has 1 amide bonds. The summed E-state index contributed by atoms with van der Waals surface area (Å²) in [7, 11) is 0. The van der Waals surface area contributed by atoms with Gasteiger partial charge in [0.1, 0.15) is 5.75 Å². The lowest BCUT2D eigenvalue weighted by Gasteiger charge is -2.11. The molecule has 0 bridgehead atoms. The monoisotopic (exact) mass is 276 g/mol. The third-order valence-corrected chi connectivity index (χ3v) is 2.55. The van der Waals surface area contributed by atoms with Crippen LogP contribution in [0, 0.1) is 0 Å². The van der Waals surface area contributed by atoms with Gasteiger partial charge in [0, 0.05) is 5.56 Å². The van der Waals surface area contributed by atoms with E-state index < -0.39 is 11.4 Å². The Morgan fingerprint density at radius 1 is 1.35 bits per heavy atom. The Morgan fingerprint density at radius 2 is 2.00 bits per heavy atom. The molecule has 0 aliphatic carbocycles. The number of amides is 1. The molecular formula is C13H16N4O3. The van der Waals surface area contributed by atoms with Gasteiger partial charge in [0.2, 0.25) is 5.91 Å². The minimum absolute atomic E-state index is 0.124. The van der Waals surface area contributed by atoms with E-state index in [0.717, 1.165) is 0 Å². The van der Waals surface area contributed by atoms with Crippen LogP contribution in [0.2, 0.25) is 0 Å². The predicted molar refractivity (Wildman–Crippen MR) is 70.8 cm³/mol. The van der Waals surface area contributed by atoms with Crippen molar-refractivity contribution in [3.63, 3.8) is 0 Å². The number of nitrogens with zero attached hydrogens (tertiary/aromatic N) is 2. The van der Waals surface area contributed by atoms with Crippen molar-refractivity contribution in [2.24, 2.45) is 11.5 Å². The van der Waals surface area contributed by atoms with Gasteiger partial charge in [-0.15, -0.1) is 0 Å². The molecule has 0 atom stereocenters. The zero-order valence-electron chi connectivity index (χ0n) is 11.3. The zero-order valence-corrected chi connectivity index (χ0v) is 11.3. The summed E-state index contributed by atoms with van der Waals surface area (Å²) in [6, 6.07) is 6.45. The van der Waals surface area contributed by atoms with Gasteiger partial charge in [-0.05, 0) is 38.1 Å². The summed E-state index contributed by atoms with van der Waals surface area (Å²) in [5, 5.41) is 3.78. The largest absolute Gasteiger partial charge is 0.484 e. The summed E-state index contributed by atoms with van der Waals surface area (Å²) < 4.78 is 10.5. The average molecular weight is 276 g/mol. The highest BCUT2D eigenvalue weighted by Gasteiger charge is 2.21. The molecule has 4 N–H and O–H groups in total. The van der Waals surface area contributed by atoms with Crippen LogP contribution in [-0.4, -0.2) is 16.0 Å². The van der Waals surface area contributed by atoms with Gasteiger partial charge < -0.3 is 20.7 Å². The number of hydrogen-bond acceptors (Lipinski definition) is 6. The maximum atomic E-state index is 10.9. The van der Waals surface area contributed by atoms with E-state index in [-0.39, 0.29) is 6.61 Å². The lowest BCUT2D eigenvalue weighted by molar-refractivity contribution is 0.1000. The molecule has 1 heterocycles. The molecule has 2 rings (SSSR count). The minimum atomic E-state index is -0.662. The fourth-order valence-corrected chi connectivity index (χ4v) is 1.44. The molecule has 0 unspecified atom stereocenters. The SMILES string of the molecule is CC(C)(N)c1noc(COc2ccc(C(N)=O)cc2)n1. The van der Waals surface area contributed by atoms with Crippen LogP contribution in [-0.2, 0) is 12.1 Å². The van der Waals surface area contributed by atoms with Crippen molar-refractivity contribution in [1.29, 1.82) is 0 Å². The number of aromatic nitrogens is 2. The third-order valence-electron chi connectivity index (χ3n) is 2.55. The van der Waals surface area contributed by atoms with Gasteiger partial charge in [-0.3, -0.25) is 4.79 Å². The minimum Gasteiger partial charge on any atom is -0.484 e. The molecule has 0 spiro atoms. The Kier molecular flexibility index (Phi) is 3.71. The molecule has 0 aliphatic rings. The molecule has 0 radical (unpaired) electrons. The fourth-order valence-electron chi connectivity index (χ4n) is 1.44. The summed E-state index contributed by atoms with van der Waals surface area (Å²) in [6.07, 6.45) is 0. The molecule has 0 saturated carbocycles. The molecule has 2 aromatic rings. The first kappa shape index (κ1) is 14.0. The summed E-state index contributed by atoms with van der Waals surface area (Å²) in [5.74, 6) is 0.836. The van der Waals surface area contributed by atoms with Gasteiger partial charge in [-0.1, -0.05) is 5.16 Å². The van der Waals surface area contributed by atoms with Crippen LogP contribution in [0.25, 0.3) is 0 Å². The molecule has 0 saturated heterocycles. The Labute approximate surface area is 115 Å². The number of carbonyl (C=O) groups is 1. The zero-order chi connectivity index (χ0) is 14.8.